The summed E-state index contributed by atoms with van der Waals surface area (Å²) in [5, 5.41) is 9.98. The van der Waals surface area contributed by atoms with Crippen LogP contribution in [0.15, 0.2) is 0 Å². The molecule has 1 aliphatic heterocycles. The summed E-state index contributed by atoms with van der Waals surface area (Å²) in [7, 11) is 0. The van der Waals surface area contributed by atoms with Crippen LogP contribution < -0.4 is 0 Å². The molecule has 0 aromatic rings. The van der Waals surface area contributed by atoms with Gasteiger partial charge in [-0.1, -0.05) is 0 Å². The van der Waals surface area contributed by atoms with Crippen LogP contribution in [-0.2, 0) is 14.3 Å². The maximum absolute atomic E-state index is 11.8. The number of hydroxylamine groups is 2. The van der Waals surface area contributed by atoms with E-state index in [0.29, 0.717) is 19.4 Å². The monoisotopic (exact) mass is 241 g/mol. The van der Waals surface area contributed by atoms with E-state index >= 15 is 0 Å². The molecular weight excluding hydrogens is 222 g/mol. The number of hydrogen-bond acceptors (Lipinski definition) is 4. The van der Waals surface area contributed by atoms with Crippen molar-refractivity contribution in [3.63, 3.8) is 0 Å². The Hall–Kier alpha value is -1.10. The average Bonchev–Trinajstić information content (AvgIpc) is 2.89. The topological polar surface area (TPSA) is 66.8 Å². The molecular formula is C12H19NO4. The SMILES string of the molecule is CC(C)(C)OC(=O)[C@H]1C[C@@H]1C1CCN(O)C1=O. The van der Waals surface area contributed by atoms with Crippen LogP contribution in [0, 0.1) is 17.8 Å². The fourth-order valence-electron chi connectivity index (χ4n) is 2.39. The highest BCUT2D eigenvalue weighted by Gasteiger charge is 2.53. The second-order valence-corrected chi connectivity index (χ2v) is 5.90. The molecule has 1 unspecified atom stereocenters. The van der Waals surface area contributed by atoms with Crippen LogP contribution in [0.25, 0.3) is 0 Å². The van der Waals surface area contributed by atoms with Gasteiger partial charge in [-0.3, -0.25) is 14.8 Å². The smallest absolute Gasteiger partial charge is 0.309 e. The molecule has 17 heavy (non-hydrogen) atoms. The Balaban J connectivity index is 1.89. The average molecular weight is 241 g/mol. The van der Waals surface area contributed by atoms with Crippen LogP contribution in [0.3, 0.4) is 0 Å². The first-order valence-electron chi connectivity index (χ1n) is 6.03. The predicted octanol–water partition coefficient (Wildman–Crippen LogP) is 1.20. The van der Waals surface area contributed by atoms with E-state index < -0.39 is 5.60 Å². The minimum atomic E-state index is -0.479. The van der Waals surface area contributed by atoms with Gasteiger partial charge in [0.05, 0.1) is 5.92 Å². The van der Waals surface area contributed by atoms with E-state index in [1.54, 1.807) is 0 Å². The molecule has 0 aromatic carbocycles. The molecule has 5 nitrogen and oxygen atoms in total. The Bertz CT molecular complexity index is 347. The van der Waals surface area contributed by atoms with Crippen molar-refractivity contribution in [2.24, 2.45) is 17.8 Å². The fraction of sp³-hybridized carbons (Fsp3) is 0.833. The number of hydrogen-bond donors (Lipinski definition) is 1. The summed E-state index contributed by atoms with van der Waals surface area (Å²) in [5.41, 5.74) is -0.479. The van der Waals surface area contributed by atoms with Gasteiger partial charge in [0.1, 0.15) is 5.60 Å². The van der Waals surface area contributed by atoms with Crippen molar-refractivity contribution in [2.75, 3.05) is 6.54 Å². The standard InChI is InChI=1S/C12H19NO4/c1-12(2,3)17-11(15)9-6-8(9)7-4-5-13(16)10(7)14/h7-9,16H,4-6H2,1-3H3/t7?,8-,9+/m1/s1. The number of ether oxygens (including phenoxy) is 1. The van der Waals surface area contributed by atoms with Gasteiger partial charge in [0, 0.05) is 12.5 Å². The van der Waals surface area contributed by atoms with Crippen LogP contribution in [0.4, 0.5) is 0 Å². The molecule has 3 atom stereocenters. The van der Waals surface area contributed by atoms with Crippen molar-refractivity contribution < 1.29 is 19.5 Å². The lowest BCUT2D eigenvalue weighted by Crippen LogP contribution is -2.27. The number of rotatable bonds is 2. The van der Waals surface area contributed by atoms with Gasteiger partial charge >= 0.3 is 5.97 Å². The summed E-state index contributed by atoms with van der Waals surface area (Å²) in [6.07, 6.45) is 1.35. The predicted molar refractivity (Wildman–Crippen MR) is 59.0 cm³/mol. The number of nitrogens with zero attached hydrogens (tertiary/aromatic N) is 1. The molecule has 2 rings (SSSR count). The zero-order valence-electron chi connectivity index (χ0n) is 10.5. The molecule has 1 saturated carbocycles. The van der Waals surface area contributed by atoms with Crippen LogP contribution in [-0.4, -0.2) is 34.3 Å². The Morgan fingerprint density at radius 3 is 2.59 bits per heavy atom. The Morgan fingerprint density at radius 2 is 2.12 bits per heavy atom. The molecule has 1 heterocycles. The van der Waals surface area contributed by atoms with Crippen molar-refractivity contribution in [3.05, 3.63) is 0 Å². The second kappa shape index (κ2) is 3.98. The van der Waals surface area contributed by atoms with Gasteiger partial charge in [-0.05, 0) is 39.5 Å². The zero-order valence-corrected chi connectivity index (χ0v) is 10.5. The van der Waals surface area contributed by atoms with Gasteiger partial charge in [0.25, 0.3) is 0 Å². The van der Waals surface area contributed by atoms with E-state index in [9.17, 15) is 14.8 Å². The lowest BCUT2D eigenvalue weighted by atomic mass is 10.0. The Kier molecular flexibility index (Phi) is 2.89. The molecule has 0 spiro atoms. The fourth-order valence-corrected chi connectivity index (χ4v) is 2.39. The van der Waals surface area contributed by atoms with Crippen LogP contribution in [0.5, 0.6) is 0 Å². The Labute approximate surface area is 101 Å². The summed E-state index contributed by atoms with van der Waals surface area (Å²) < 4.78 is 5.29. The van der Waals surface area contributed by atoms with Crippen molar-refractivity contribution in [1.82, 2.24) is 5.06 Å². The Morgan fingerprint density at radius 1 is 1.47 bits per heavy atom. The maximum atomic E-state index is 11.8. The molecule has 1 saturated heterocycles. The van der Waals surface area contributed by atoms with Gasteiger partial charge in [0.2, 0.25) is 5.91 Å². The van der Waals surface area contributed by atoms with Crippen molar-refractivity contribution >= 4 is 11.9 Å². The molecule has 1 aliphatic carbocycles. The first-order valence-corrected chi connectivity index (χ1v) is 6.03. The molecule has 0 aromatic heterocycles. The highest BCUT2D eigenvalue weighted by molar-refractivity contribution is 5.83. The number of carbonyl (C=O) groups is 2. The van der Waals surface area contributed by atoms with Crippen molar-refractivity contribution in [1.29, 1.82) is 0 Å². The number of esters is 1. The van der Waals surface area contributed by atoms with Gasteiger partial charge in [-0.2, -0.15) is 0 Å². The van der Waals surface area contributed by atoms with E-state index in [4.69, 9.17) is 4.74 Å². The highest BCUT2D eigenvalue weighted by atomic mass is 16.6. The molecule has 5 heteroatoms. The summed E-state index contributed by atoms with van der Waals surface area (Å²) in [4.78, 5) is 23.3. The summed E-state index contributed by atoms with van der Waals surface area (Å²) >= 11 is 0. The van der Waals surface area contributed by atoms with Crippen LogP contribution in [0.2, 0.25) is 0 Å². The third-order valence-electron chi connectivity index (χ3n) is 3.29. The third kappa shape index (κ3) is 2.60. The van der Waals surface area contributed by atoms with E-state index in [1.807, 2.05) is 20.8 Å². The normalized spacial score (nSPS) is 32.8. The molecule has 2 aliphatic rings. The highest BCUT2D eigenvalue weighted by Crippen LogP contribution is 2.48. The number of carbonyl (C=O) groups excluding carboxylic acids is 2. The lowest BCUT2D eigenvalue weighted by Gasteiger charge is -2.19. The van der Waals surface area contributed by atoms with E-state index in [2.05, 4.69) is 0 Å². The zero-order chi connectivity index (χ0) is 12.8. The maximum Gasteiger partial charge on any atom is 0.309 e. The van der Waals surface area contributed by atoms with E-state index in [1.165, 1.54) is 0 Å². The molecule has 0 radical (unpaired) electrons. The first-order chi connectivity index (χ1) is 7.79. The molecule has 96 valence electrons. The van der Waals surface area contributed by atoms with E-state index in [-0.39, 0.29) is 29.6 Å². The second-order valence-electron chi connectivity index (χ2n) is 5.90. The lowest BCUT2D eigenvalue weighted by molar-refractivity contribution is -0.161. The van der Waals surface area contributed by atoms with Gasteiger partial charge in [0.15, 0.2) is 0 Å². The summed E-state index contributed by atoms with van der Waals surface area (Å²) in [6, 6.07) is 0. The summed E-state index contributed by atoms with van der Waals surface area (Å²) in [5.74, 6) is -0.755. The van der Waals surface area contributed by atoms with Gasteiger partial charge < -0.3 is 4.74 Å². The largest absolute Gasteiger partial charge is 0.460 e. The van der Waals surface area contributed by atoms with Crippen LogP contribution >= 0.6 is 0 Å². The molecule has 0 bridgehead atoms. The minimum absolute atomic E-state index is 0.0644. The first kappa shape index (κ1) is 12.4. The molecule has 1 amide bonds. The quantitative estimate of drug-likeness (QED) is 0.582. The summed E-state index contributed by atoms with van der Waals surface area (Å²) in [6.45, 7) is 5.87. The molecule has 2 fully saturated rings. The van der Waals surface area contributed by atoms with Gasteiger partial charge in [-0.15, -0.1) is 0 Å². The van der Waals surface area contributed by atoms with E-state index in [0.717, 1.165) is 5.06 Å². The van der Waals surface area contributed by atoms with Crippen molar-refractivity contribution in [3.8, 4) is 0 Å². The van der Waals surface area contributed by atoms with Crippen molar-refractivity contribution in [2.45, 2.75) is 39.2 Å². The van der Waals surface area contributed by atoms with Gasteiger partial charge in [-0.25, -0.2) is 5.06 Å². The minimum Gasteiger partial charge on any atom is -0.460 e. The van der Waals surface area contributed by atoms with Crippen LogP contribution in [0.1, 0.15) is 33.6 Å². The molecule has 1 N–H and O–H groups in total. The third-order valence-corrected chi connectivity index (χ3v) is 3.29. The number of amides is 1.